The molecule has 4 aromatic rings. The number of anilines is 1. The Morgan fingerprint density at radius 2 is 1.51 bits per heavy atom. The van der Waals surface area contributed by atoms with Crippen molar-refractivity contribution in [3.05, 3.63) is 90.3 Å². The van der Waals surface area contributed by atoms with Crippen LogP contribution in [0, 0.1) is 5.92 Å². The Kier molecular flexibility index (Phi) is 6.77. The van der Waals surface area contributed by atoms with E-state index in [0.717, 1.165) is 22.4 Å². The molecule has 1 aliphatic heterocycles. The molecule has 1 saturated heterocycles. The lowest BCUT2D eigenvalue weighted by Gasteiger charge is -2.31. The largest absolute Gasteiger partial charge is 0.302 e. The van der Waals surface area contributed by atoms with Gasteiger partial charge in [0.05, 0.1) is 16.5 Å². The number of carbonyl (C=O) groups excluding carboxylic acids is 1. The molecule has 1 aliphatic rings. The molecule has 0 bridgehead atoms. The van der Waals surface area contributed by atoms with Crippen molar-refractivity contribution in [3.63, 3.8) is 0 Å². The lowest BCUT2D eigenvalue weighted by molar-refractivity contribution is -0.120. The van der Waals surface area contributed by atoms with Crippen LogP contribution in [0.4, 0.5) is 5.13 Å². The molecule has 1 unspecified atom stereocenters. The zero-order chi connectivity index (χ0) is 24.3. The maximum absolute atomic E-state index is 13.0. The predicted octanol–water partition coefficient (Wildman–Crippen LogP) is 5.52. The average molecular weight is 504 g/mol. The third-order valence-electron chi connectivity index (χ3n) is 6.16. The van der Waals surface area contributed by atoms with Gasteiger partial charge in [-0.05, 0) is 36.1 Å². The second kappa shape index (κ2) is 10.1. The van der Waals surface area contributed by atoms with Gasteiger partial charge in [0.2, 0.25) is 15.9 Å². The van der Waals surface area contributed by atoms with E-state index < -0.39 is 15.9 Å². The van der Waals surface area contributed by atoms with Crippen LogP contribution in [-0.4, -0.2) is 36.7 Å². The van der Waals surface area contributed by atoms with E-state index >= 15 is 0 Å². The molecule has 178 valence electrons. The summed E-state index contributed by atoms with van der Waals surface area (Å²) in [4.78, 5) is 17.8. The Morgan fingerprint density at radius 3 is 2.23 bits per heavy atom. The highest BCUT2D eigenvalue weighted by Gasteiger charge is 2.33. The van der Waals surface area contributed by atoms with Gasteiger partial charge in [-0.25, -0.2) is 13.4 Å². The summed E-state index contributed by atoms with van der Waals surface area (Å²) in [5.41, 5.74) is 4.05. The molecule has 2 heterocycles. The molecular formula is C27H25N3O3S2. The van der Waals surface area contributed by atoms with Gasteiger partial charge < -0.3 is 5.32 Å². The zero-order valence-corrected chi connectivity index (χ0v) is 20.6. The van der Waals surface area contributed by atoms with E-state index in [2.05, 4.69) is 34.6 Å². The van der Waals surface area contributed by atoms with Gasteiger partial charge in [-0.2, -0.15) is 4.31 Å². The first kappa shape index (κ1) is 23.4. The number of carbonyl (C=O) groups is 1. The molecule has 6 nitrogen and oxygen atoms in total. The fraction of sp³-hybridized carbons (Fsp3) is 0.185. The number of nitrogens with one attached hydrogen (secondary N) is 1. The predicted molar refractivity (Wildman–Crippen MR) is 140 cm³/mol. The average Bonchev–Trinajstić information content (AvgIpc) is 3.38. The van der Waals surface area contributed by atoms with Crippen LogP contribution >= 0.6 is 11.3 Å². The highest BCUT2D eigenvalue weighted by molar-refractivity contribution is 7.89. The summed E-state index contributed by atoms with van der Waals surface area (Å²) >= 11 is 1.37. The summed E-state index contributed by atoms with van der Waals surface area (Å²) in [6, 6.07) is 26.7. The second-order valence-corrected chi connectivity index (χ2v) is 11.3. The van der Waals surface area contributed by atoms with E-state index in [1.165, 1.54) is 15.6 Å². The van der Waals surface area contributed by atoms with Gasteiger partial charge in [-0.1, -0.05) is 72.8 Å². The van der Waals surface area contributed by atoms with Crippen molar-refractivity contribution in [2.24, 2.45) is 5.92 Å². The Labute approximate surface area is 209 Å². The molecule has 8 heteroatoms. The number of nitrogens with zero attached hydrogens (tertiary/aromatic N) is 2. The Balaban J connectivity index is 1.24. The van der Waals surface area contributed by atoms with Gasteiger partial charge in [-0.3, -0.25) is 4.79 Å². The molecule has 0 saturated carbocycles. The van der Waals surface area contributed by atoms with Crippen LogP contribution in [0.5, 0.6) is 0 Å². The Morgan fingerprint density at radius 1 is 0.886 bits per heavy atom. The molecule has 1 fully saturated rings. The molecule has 0 radical (unpaired) electrons. The van der Waals surface area contributed by atoms with Gasteiger partial charge >= 0.3 is 0 Å². The number of aromatic nitrogens is 1. The van der Waals surface area contributed by atoms with E-state index in [-0.39, 0.29) is 17.3 Å². The van der Waals surface area contributed by atoms with E-state index in [9.17, 15) is 13.2 Å². The summed E-state index contributed by atoms with van der Waals surface area (Å²) in [5.74, 6) is -0.613. The molecule has 1 amide bonds. The lowest BCUT2D eigenvalue weighted by Crippen LogP contribution is -2.43. The van der Waals surface area contributed by atoms with E-state index in [4.69, 9.17) is 0 Å². The first-order valence-electron chi connectivity index (χ1n) is 11.5. The fourth-order valence-corrected chi connectivity index (χ4v) is 6.52. The summed E-state index contributed by atoms with van der Waals surface area (Å²) in [6.45, 7) is 0.587. The highest BCUT2D eigenvalue weighted by Crippen LogP contribution is 2.29. The number of hydrogen-bond acceptors (Lipinski definition) is 5. The van der Waals surface area contributed by atoms with Gasteiger partial charge in [0.1, 0.15) is 0 Å². The number of piperidine rings is 1. The summed E-state index contributed by atoms with van der Waals surface area (Å²) in [6.07, 6.45) is 1.28. The Bertz CT molecular complexity index is 1400. The number of benzene rings is 3. The number of amides is 1. The maximum Gasteiger partial charge on any atom is 0.243 e. The number of hydrogen-bond donors (Lipinski definition) is 1. The van der Waals surface area contributed by atoms with E-state index in [1.807, 2.05) is 35.7 Å². The minimum Gasteiger partial charge on any atom is -0.302 e. The van der Waals surface area contributed by atoms with E-state index in [1.54, 1.807) is 30.3 Å². The van der Waals surface area contributed by atoms with Crippen LogP contribution in [0.15, 0.2) is 95.2 Å². The van der Waals surface area contributed by atoms with Crippen molar-refractivity contribution < 1.29 is 13.2 Å². The van der Waals surface area contributed by atoms with Crippen LogP contribution in [0.2, 0.25) is 0 Å². The van der Waals surface area contributed by atoms with Crippen LogP contribution < -0.4 is 5.32 Å². The molecule has 1 N–H and O–H groups in total. The van der Waals surface area contributed by atoms with Crippen molar-refractivity contribution in [2.75, 3.05) is 18.4 Å². The summed E-state index contributed by atoms with van der Waals surface area (Å²) in [7, 11) is -3.62. The third kappa shape index (κ3) is 5.19. The SMILES string of the molecule is O=C(Nc1nc(-c2ccc(-c3ccccc3)cc2)cs1)C1CCCN(S(=O)(=O)c2ccccc2)C1. The van der Waals surface area contributed by atoms with Crippen molar-refractivity contribution in [1.82, 2.24) is 9.29 Å². The Hall–Kier alpha value is -3.33. The first-order chi connectivity index (χ1) is 17.0. The quantitative estimate of drug-likeness (QED) is 0.376. The molecule has 0 spiro atoms. The normalized spacial score (nSPS) is 16.6. The standard InChI is InChI=1S/C27H25N3O3S2/c31-26(23-10-7-17-30(18-23)35(32,33)24-11-5-2-6-12-24)29-27-28-25(19-34-27)22-15-13-21(14-16-22)20-8-3-1-4-9-20/h1-6,8-9,11-16,19,23H,7,10,17-18H2,(H,28,29,31). The molecule has 1 aromatic heterocycles. The monoisotopic (exact) mass is 503 g/mol. The maximum atomic E-state index is 13.0. The smallest absolute Gasteiger partial charge is 0.243 e. The lowest BCUT2D eigenvalue weighted by atomic mass is 9.99. The van der Waals surface area contributed by atoms with Crippen molar-refractivity contribution in [1.29, 1.82) is 0 Å². The number of sulfonamides is 1. The van der Waals surface area contributed by atoms with Gasteiger partial charge in [-0.15, -0.1) is 11.3 Å². The molecule has 0 aliphatic carbocycles. The van der Waals surface area contributed by atoms with Gasteiger partial charge in [0.15, 0.2) is 5.13 Å². The van der Waals surface area contributed by atoms with Crippen molar-refractivity contribution in [2.45, 2.75) is 17.7 Å². The number of thiazole rings is 1. The van der Waals surface area contributed by atoms with E-state index in [0.29, 0.717) is 24.5 Å². The molecule has 3 aromatic carbocycles. The fourth-order valence-electron chi connectivity index (χ4n) is 4.25. The minimum absolute atomic E-state index is 0.169. The van der Waals surface area contributed by atoms with Crippen molar-refractivity contribution in [3.8, 4) is 22.4 Å². The second-order valence-electron chi connectivity index (χ2n) is 8.49. The van der Waals surface area contributed by atoms with Crippen LogP contribution in [-0.2, 0) is 14.8 Å². The van der Waals surface area contributed by atoms with Crippen molar-refractivity contribution >= 4 is 32.4 Å². The van der Waals surface area contributed by atoms with Gasteiger partial charge in [0.25, 0.3) is 0 Å². The summed E-state index contributed by atoms with van der Waals surface area (Å²) in [5, 5.41) is 5.33. The first-order valence-corrected chi connectivity index (χ1v) is 13.8. The van der Waals surface area contributed by atoms with Crippen LogP contribution in [0.25, 0.3) is 22.4 Å². The zero-order valence-electron chi connectivity index (χ0n) is 19.0. The van der Waals surface area contributed by atoms with Gasteiger partial charge in [0, 0.05) is 24.0 Å². The highest BCUT2D eigenvalue weighted by atomic mass is 32.2. The molecule has 5 rings (SSSR count). The number of rotatable bonds is 6. The van der Waals surface area contributed by atoms with Crippen LogP contribution in [0.3, 0.4) is 0 Å². The third-order valence-corrected chi connectivity index (χ3v) is 8.80. The summed E-state index contributed by atoms with van der Waals surface area (Å²) < 4.78 is 27.4. The molecule has 1 atom stereocenters. The molecule has 35 heavy (non-hydrogen) atoms. The van der Waals surface area contributed by atoms with Crippen LogP contribution in [0.1, 0.15) is 12.8 Å². The molecular weight excluding hydrogens is 478 g/mol. The minimum atomic E-state index is -3.62. The topological polar surface area (TPSA) is 79.4 Å².